The lowest BCUT2D eigenvalue weighted by Crippen LogP contribution is -2.18. The Morgan fingerprint density at radius 1 is 1.20 bits per heavy atom. The van der Waals surface area contributed by atoms with Crippen LogP contribution in [0, 0.1) is 0 Å². The van der Waals surface area contributed by atoms with Crippen molar-refractivity contribution in [3.8, 4) is 0 Å². The molecule has 106 valence electrons. The summed E-state index contributed by atoms with van der Waals surface area (Å²) in [5, 5.41) is 3.33. The fraction of sp³-hybridized carbons (Fsp3) is 0.400. The van der Waals surface area contributed by atoms with E-state index in [1.165, 1.54) is 0 Å². The average Bonchev–Trinajstić information content (AvgIpc) is 2.38. The molecule has 5 heteroatoms. The Morgan fingerprint density at radius 2 is 2.00 bits per heavy atom. The molecule has 4 nitrogen and oxygen atoms in total. The van der Waals surface area contributed by atoms with Crippen LogP contribution in [0.2, 0.25) is 0 Å². The Labute approximate surface area is 128 Å². The molecule has 2 rings (SSSR count). The minimum atomic E-state index is -0.0683. The first-order valence-electron chi connectivity index (χ1n) is 6.64. The number of nitrogens with one attached hydrogen (secondary N) is 1. The van der Waals surface area contributed by atoms with Gasteiger partial charge in [-0.2, -0.15) is 0 Å². The summed E-state index contributed by atoms with van der Waals surface area (Å²) in [7, 11) is 0. The minimum Gasteiger partial charge on any atom is -0.370 e. The zero-order valence-corrected chi connectivity index (χ0v) is 13.6. The van der Waals surface area contributed by atoms with E-state index in [1.807, 2.05) is 30.5 Å². The molecule has 1 N–H and O–H groups in total. The molecule has 0 saturated heterocycles. The molecule has 0 amide bonds. The van der Waals surface area contributed by atoms with Crippen LogP contribution >= 0.6 is 15.9 Å². The molecule has 0 saturated carbocycles. The predicted octanol–water partition coefficient (Wildman–Crippen LogP) is 3.59. The third-order valence-electron chi connectivity index (χ3n) is 2.78. The Bertz CT molecular complexity index is 564. The van der Waals surface area contributed by atoms with Crippen molar-refractivity contribution in [2.45, 2.75) is 32.6 Å². The zero-order valence-electron chi connectivity index (χ0n) is 12.0. The number of aromatic nitrogens is 3. The molecular weight excluding hydrogens is 316 g/mol. The highest BCUT2D eigenvalue weighted by Crippen LogP contribution is 2.22. The highest BCUT2D eigenvalue weighted by Gasteiger charge is 2.18. The van der Waals surface area contributed by atoms with Gasteiger partial charge in [0, 0.05) is 36.3 Å². The Hall–Kier alpha value is -1.49. The number of pyridine rings is 1. The van der Waals surface area contributed by atoms with Crippen molar-refractivity contribution in [1.29, 1.82) is 0 Å². The van der Waals surface area contributed by atoms with E-state index in [-0.39, 0.29) is 5.41 Å². The fourth-order valence-electron chi connectivity index (χ4n) is 1.71. The second-order valence-electron chi connectivity index (χ2n) is 5.65. The first kappa shape index (κ1) is 14.9. The van der Waals surface area contributed by atoms with Gasteiger partial charge in [-0.1, -0.05) is 26.8 Å². The number of hydrogen-bond acceptors (Lipinski definition) is 4. The van der Waals surface area contributed by atoms with E-state index < -0.39 is 0 Å². The summed E-state index contributed by atoms with van der Waals surface area (Å²) in [5.41, 5.74) is 1.01. The highest BCUT2D eigenvalue weighted by molar-refractivity contribution is 9.10. The zero-order chi connectivity index (χ0) is 14.6. The van der Waals surface area contributed by atoms with Crippen LogP contribution in [0.1, 0.15) is 32.3 Å². The number of anilines is 1. The standard InChI is InChI=1S/C15H19BrN4/c1-15(2,3)14-19-12(16)10-13(20-14)18-9-7-11-6-4-5-8-17-11/h4-6,8,10H,7,9H2,1-3H3,(H,18,19,20). The summed E-state index contributed by atoms with van der Waals surface area (Å²) in [6.07, 6.45) is 2.68. The molecule has 2 aromatic heterocycles. The molecule has 20 heavy (non-hydrogen) atoms. The largest absolute Gasteiger partial charge is 0.370 e. The lowest BCUT2D eigenvalue weighted by molar-refractivity contribution is 0.544. The third-order valence-corrected chi connectivity index (χ3v) is 3.19. The molecule has 0 aliphatic heterocycles. The Balaban J connectivity index is 2.01. The van der Waals surface area contributed by atoms with Gasteiger partial charge < -0.3 is 5.32 Å². The smallest absolute Gasteiger partial charge is 0.137 e. The number of halogens is 1. The summed E-state index contributed by atoms with van der Waals surface area (Å²) in [6, 6.07) is 7.85. The molecule has 0 bridgehead atoms. The Morgan fingerprint density at radius 3 is 2.65 bits per heavy atom. The van der Waals surface area contributed by atoms with Gasteiger partial charge in [-0.15, -0.1) is 0 Å². The van der Waals surface area contributed by atoms with Gasteiger partial charge in [0.25, 0.3) is 0 Å². The van der Waals surface area contributed by atoms with Crippen LogP contribution in [0.5, 0.6) is 0 Å². The average molecular weight is 335 g/mol. The molecule has 0 radical (unpaired) electrons. The van der Waals surface area contributed by atoms with E-state index in [4.69, 9.17) is 0 Å². The van der Waals surface area contributed by atoms with Crippen LogP contribution in [-0.2, 0) is 11.8 Å². The van der Waals surface area contributed by atoms with Crippen molar-refractivity contribution in [2.24, 2.45) is 0 Å². The molecule has 0 spiro atoms. The van der Waals surface area contributed by atoms with E-state index >= 15 is 0 Å². The van der Waals surface area contributed by atoms with E-state index in [0.29, 0.717) is 0 Å². The molecule has 0 unspecified atom stereocenters. The lowest BCUT2D eigenvalue weighted by atomic mass is 9.96. The molecule has 0 fully saturated rings. The van der Waals surface area contributed by atoms with Crippen molar-refractivity contribution in [1.82, 2.24) is 15.0 Å². The fourth-order valence-corrected chi connectivity index (χ4v) is 2.09. The van der Waals surface area contributed by atoms with Gasteiger partial charge in [-0.05, 0) is 28.1 Å². The highest BCUT2D eigenvalue weighted by atomic mass is 79.9. The molecule has 0 aliphatic rings. The molecular formula is C15H19BrN4. The van der Waals surface area contributed by atoms with E-state index in [2.05, 4.69) is 57.0 Å². The summed E-state index contributed by atoms with van der Waals surface area (Å²) in [6.45, 7) is 7.11. The van der Waals surface area contributed by atoms with Crippen molar-refractivity contribution in [3.63, 3.8) is 0 Å². The van der Waals surface area contributed by atoms with E-state index in [1.54, 1.807) is 0 Å². The maximum atomic E-state index is 4.56. The van der Waals surface area contributed by atoms with Crippen LogP contribution in [0.4, 0.5) is 5.82 Å². The van der Waals surface area contributed by atoms with Crippen LogP contribution in [0.15, 0.2) is 35.1 Å². The van der Waals surface area contributed by atoms with E-state index in [9.17, 15) is 0 Å². The second-order valence-corrected chi connectivity index (χ2v) is 6.46. The molecule has 0 aliphatic carbocycles. The first-order chi connectivity index (χ1) is 9.45. The Kier molecular flexibility index (Phi) is 4.70. The van der Waals surface area contributed by atoms with Gasteiger partial charge in [-0.3, -0.25) is 4.98 Å². The van der Waals surface area contributed by atoms with Gasteiger partial charge in [0.05, 0.1) is 0 Å². The first-order valence-corrected chi connectivity index (χ1v) is 7.43. The normalized spacial score (nSPS) is 11.4. The quantitative estimate of drug-likeness (QED) is 0.868. The van der Waals surface area contributed by atoms with Crippen molar-refractivity contribution < 1.29 is 0 Å². The molecule has 0 aromatic carbocycles. The maximum absolute atomic E-state index is 4.56. The van der Waals surface area contributed by atoms with Crippen LogP contribution in [0.3, 0.4) is 0 Å². The van der Waals surface area contributed by atoms with Crippen LogP contribution in [0.25, 0.3) is 0 Å². The lowest BCUT2D eigenvalue weighted by Gasteiger charge is -2.17. The molecule has 2 heterocycles. The minimum absolute atomic E-state index is 0.0683. The van der Waals surface area contributed by atoms with Gasteiger partial charge in [0.2, 0.25) is 0 Å². The molecule has 2 aromatic rings. The van der Waals surface area contributed by atoms with Gasteiger partial charge in [0.1, 0.15) is 16.2 Å². The molecule has 0 atom stereocenters. The monoisotopic (exact) mass is 334 g/mol. The van der Waals surface area contributed by atoms with Crippen LogP contribution in [-0.4, -0.2) is 21.5 Å². The topological polar surface area (TPSA) is 50.7 Å². The number of rotatable bonds is 4. The number of hydrogen-bond donors (Lipinski definition) is 1. The van der Waals surface area contributed by atoms with Gasteiger partial charge >= 0.3 is 0 Å². The summed E-state index contributed by atoms with van der Waals surface area (Å²) in [4.78, 5) is 13.3. The predicted molar refractivity (Wildman–Crippen MR) is 84.9 cm³/mol. The van der Waals surface area contributed by atoms with Gasteiger partial charge in [0.15, 0.2) is 0 Å². The van der Waals surface area contributed by atoms with Crippen molar-refractivity contribution >= 4 is 21.7 Å². The summed E-state index contributed by atoms with van der Waals surface area (Å²) < 4.78 is 0.803. The van der Waals surface area contributed by atoms with E-state index in [0.717, 1.165) is 34.9 Å². The van der Waals surface area contributed by atoms with Crippen LogP contribution < -0.4 is 5.32 Å². The number of nitrogens with zero attached hydrogens (tertiary/aromatic N) is 3. The third kappa shape index (κ3) is 4.27. The van der Waals surface area contributed by atoms with Crippen molar-refractivity contribution in [3.05, 3.63) is 46.6 Å². The SMILES string of the molecule is CC(C)(C)c1nc(Br)cc(NCCc2ccccn2)n1. The second kappa shape index (κ2) is 6.31. The maximum Gasteiger partial charge on any atom is 0.137 e. The van der Waals surface area contributed by atoms with Crippen molar-refractivity contribution in [2.75, 3.05) is 11.9 Å². The summed E-state index contributed by atoms with van der Waals surface area (Å²) >= 11 is 3.44. The summed E-state index contributed by atoms with van der Waals surface area (Å²) in [5.74, 6) is 1.67. The van der Waals surface area contributed by atoms with Gasteiger partial charge in [-0.25, -0.2) is 9.97 Å².